The van der Waals surface area contributed by atoms with E-state index in [0.29, 0.717) is 12.8 Å². The normalized spacial score (nSPS) is 12.0. The quantitative estimate of drug-likeness (QED) is 0.273. The van der Waals surface area contributed by atoms with Gasteiger partial charge in [0.2, 0.25) is 0 Å². The third-order valence-corrected chi connectivity index (χ3v) is 4.34. The van der Waals surface area contributed by atoms with Crippen LogP contribution in [0.25, 0.3) is 0 Å². The van der Waals surface area contributed by atoms with Crippen LogP contribution in [0.5, 0.6) is 0 Å². The van der Waals surface area contributed by atoms with Gasteiger partial charge in [-0.25, -0.2) is 0 Å². The summed E-state index contributed by atoms with van der Waals surface area (Å²) in [6, 6.07) is 0. The van der Waals surface area contributed by atoms with Gasteiger partial charge in [-0.2, -0.15) is 0 Å². The highest BCUT2D eigenvalue weighted by molar-refractivity contribution is 5.69. The van der Waals surface area contributed by atoms with Gasteiger partial charge in [0.15, 0.2) is 0 Å². The first-order valence-electron chi connectivity index (χ1n) is 10.6. The van der Waals surface area contributed by atoms with Crippen molar-refractivity contribution in [1.29, 1.82) is 0 Å². The first kappa shape index (κ1) is 24.9. The largest absolute Gasteiger partial charge is 0.463 e. The van der Waals surface area contributed by atoms with Crippen LogP contribution in [-0.2, 0) is 19.1 Å². The third-order valence-electron chi connectivity index (χ3n) is 4.34. The molecule has 0 aliphatic carbocycles. The van der Waals surface area contributed by atoms with E-state index in [2.05, 4.69) is 13.8 Å². The average molecular weight is 373 g/mol. The van der Waals surface area contributed by atoms with Crippen molar-refractivity contribution >= 4 is 11.9 Å². The van der Waals surface area contributed by atoms with Crippen LogP contribution in [0.3, 0.4) is 0 Å². The summed E-state index contributed by atoms with van der Waals surface area (Å²) in [7, 11) is 0. The van der Waals surface area contributed by atoms with E-state index in [1.165, 1.54) is 38.5 Å². The highest BCUT2D eigenvalue weighted by Crippen LogP contribution is 2.10. The zero-order valence-electron chi connectivity index (χ0n) is 17.0. The van der Waals surface area contributed by atoms with Crippen molar-refractivity contribution in [3.63, 3.8) is 0 Å². The maximum atomic E-state index is 11.6. The van der Waals surface area contributed by atoms with Crippen molar-refractivity contribution in [2.45, 2.75) is 110 Å². The maximum Gasteiger partial charge on any atom is 0.305 e. The predicted molar refractivity (Wildman–Crippen MR) is 104 cm³/mol. The molecule has 1 N–H and O–H groups in total. The molecule has 0 rings (SSSR count). The summed E-state index contributed by atoms with van der Waals surface area (Å²) in [5.74, 6) is -0.597. The number of hydrogen-bond acceptors (Lipinski definition) is 5. The Morgan fingerprint density at radius 1 is 0.654 bits per heavy atom. The first-order valence-corrected chi connectivity index (χ1v) is 10.6. The molecule has 0 aromatic rings. The molecule has 0 radical (unpaired) electrons. The molecule has 0 aromatic heterocycles. The van der Waals surface area contributed by atoms with Crippen LogP contribution in [0.15, 0.2) is 0 Å². The summed E-state index contributed by atoms with van der Waals surface area (Å²) in [6.45, 7) is 4.06. The van der Waals surface area contributed by atoms with Gasteiger partial charge in [-0.1, -0.05) is 78.1 Å². The first-order chi connectivity index (χ1) is 12.6. The van der Waals surface area contributed by atoms with Gasteiger partial charge >= 0.3 is 11.9 Å². The molecule has 0 saturated heterocycles. The lowest BCUT2D eigenvalue weighted by atomic mass is 10.1. The maximum absolute atomic E-state index is 11.6. The van der Waals surface area contributed by atoms with Gasteiger partial charge in [0.05, 0.1) is 0 Å². The molecule has 0 amide bonds. The van der Waals surface area contributed by atoms with Crippen LogP contribution in [0.2, 0.25) is 0 Å². The van der Waals surface area contributed by atoms with Crippen LogP contribution >= 0.6 is 0 Å². The number of rotatable bonds is 18. The standard InChI is InChI=1S/C21H40O5/c1-3-5-7-8-9-10-11-12-14-16-21(24)26-18-19(22)17-25-20(23)15-13-6-4-2/h19,22H,3-18H2,1-2H3. The molecular formula is C21H40O5. The Morgan fingerprint density at radius 2 is 1.00 bits per heavy atom. The molecule has 1 atom stereocenters. The highest BCUT2D eigenvalue weighted by atomic mass is 16.6. The Bertz CT molecular complexity index is 343. The summed E-state index contributed by atoms with van der Waals surface area (Å²) in [6.07, 6.45) is 13.5. The lowest BCUT2D eigenvalue weighted by Crippen LogP contribution is -2.25. The van der Waals surface area contributed by atoms with Crippen molar-refractivity contribution in [2.24, 2.45) is 0 Å². The number of carbonyl (C=O) groups excluding carboxylic acids is 2. The minimum absolute atomic E-state index is 0.113. The van der Waals surface area contributed by atoms with E-state index in [9.17, 15) is 14.7 Å². The van der Waals surface area contributed by atoms with Gasteiger partial charge in [0, 0.05) is 12.8 Å². The predicted octanol–water partition coefficient (Wildman–Crippen LogP) is 4.93. The number of aliphatic hydroxyl groups excluding tert-OH is 1. The SMILES string of the molecule is CCCCCCCCCCCC(=O)OCC(O)COC(=O)CCCCC. The van der Waals surface area contributed by atoms with E-state index < -0.39 is 6.10 Å². The molecule has 5 nitrogen and oxygen atoms in total. The summed E-state index contributed by atoms with van der Waals surface area (Å²) in [5.41, 5.74) is 0. The number of esters is 2. The molecular weight excluding hydrogens is 332 g/mol. The zero-order valence-corrected chi connectivity index (χ0v) is 17.0. The molecule has 0 fully saturated rings. The molecule has 0 bridgehead atoms. The lowest BCUT2D eigenvalue weighted by molar-refractivity contribution is -0.152. The van der Waals surface area contributed by atoms with Crippen LogP contribution < -0.4 is 0 Å². The fourth-order valence-corrected chi connectivity index (χ4v) is 2.67. The van der Waals surface area contributed by atoms with E-state index in [-0.39, 0.29) is 25.2 Å². The number of hydrogen-bond donors (Lipinski definition) is 1. The molecule has 0 aliphatic rings. The smallest absolute Gasteiger partial charge is 0.305 e. The molecule has 0 spiro atoms. The summed E-state index contributed by atoms with van der Waals surface area (Å²) in [5, 5.41) is 9.69. The lowest BCUT2D eigenvalue weighted by Gasteiger charge is -2.12. The van der Waals surface area contributed by atoms with Gasteiger partial charge in [-0.3, -0.25) is 9.59 Å². The van der Waals surface area contributed by atoms with Crippen molar-refractivity contribution in [3.05, 3.63) is 0 Å². The van der Waals surface area contributed by atoms with Crippen molar-refractivity contribution in [2.75, 3.05) is 13.2 Å². The van der Waals surface area contributed by atoms with Gasteiger partial charge < -0.3 is 14.6 Å². The average Bonchev–Trinajstić information content (AvgIpc) is 2.63. The summed E-state index contributed by atoms with van der Waals surface area (Å²) < 4.78 is 9.99. The molecule has 1 unspecified atom stereocenters. The number of ether oxygens (including phenoxy) is 2. The molecule has 0 saturated carbocycles. The fourth-order valence-electron chi connectivity index (χ4n) is 2.67. The Labute approximate surface area is 159 Å². The molecule has 26 heavy (non-hydrogen) atoms. The van der Waals surface area contributed by atoms with Crippen molar-refractivity contribution in [3.8, 4) is 0 Å². The van der Waals surface area contributed by atoms with Crippen LogP contribution in [0, 0.1) is 0 Å². The molecule has 0 heterocycles. The second kappa shape index (κ2) is 18.7. The number of carbonyl (C=O) groups is 2. The second-order valence-electron chi connectivity index (χ2n) is 7.06. The van der Waals surface area contributed by atoms with E-state index in [4.69, 9.17) is 9.47 Å². The Balaban J connectivity index is 3.45. The topological polar surface area (TPSA) is 72.8 Å². The van der Waals surface area contributed by atoms with E-state index >= 15 is 0 Å². The minimum Gasteiger partial charge on any atom is -0.463 e. The van der Waals surface area contributed by atoms with Gasteiger partial charge in [-0.05, 0) is 12.8 Å². The highest BCUT2D eigenvalue weighted by Gasteiger charge is 2.11. The van der Waals surface area contributed by atoms with Gasteiger partial charge in [0.1, 0.15) is 19.3 Å². The number of unbranched alkanes of at least 4 members (excludes halogenated alkanes) is 10. The molecule has 5 heteroatoms. The van der Waals surface area contributed by atoms with Crippen molar-refractivity contribution < 1.29 is 24.2 Å². The monoisotopic (exact) mass is 372 g/mol. The van der Waals surface area contributed by atoms with Crippen molar-refractivity contribution in [1.82, 2.24) is 0 Å². The second-order valence-corrected chi connectivity index (χ2v) is 7.06. The fraction of sp³-hybridized carbons (Fsp3) is 0.905. The van der Waals surface area contributed by atoms with Gasteiger partial charge in [0.25, 0.3) is 0 Å². The molecule has 154 valence electrons. The molecule has 0 aromatic carbocycles. The summed E-state index contributed by atoms with van der Waals surface area (Å²) in [4.78, 5) is 23.0. The van der Waals surface area contributed by atoms with E-state index in [1.54, 1.807) is 0 Å². The third kappa shape index (κ3) is 17.7. The van der Waals surface area contributed by atoms with Crippen LogP contribution in [0.1, 0.15) is 104 Å². The van der Waals surface area contributed by atoms with E-state index in [1.807, 2.05) is 0 Å². The summed E-state index contributed by atoms with van der Waals surface area (Å²) >= 11 is 0. The van der Waals surface area contributed by atoms with Gasteiger partial charge in [-0.15, -0.1) is 0 Å². The zero-order chi connectivity index (χ0) is 19.5. The Morgan fingerprint density at radius 3 is 1.46 bits per heavy atom. The molecule has 0 aliphatic heterocycles. The minimum atomic E-state index is -0.947. The Hall–Kier alpha value is -1.10. The van der Waals surface area contributed by atoms with Crippen LogP contribution in [0.4, 0.5) is 0 Å². The van der Waals surface area contributed by atoms with Crippen LogP contribution in [-0.4, -0.2) is 36.4 Å². The Kier molecular flexibility index (Phi) is 17.9. The van der Waals surface area contributed by atoms with E-state index in [0.717, 1.165) is 38.5 Å². The number of aliphatic hydroxyl groups is 1.